The number of amides is 1. The average molecular weight is 444 g/mol. The van der Waals surface area contributed by atoms with Gasteiger partial charge in [-0.2, -0.15) is 0 Å². The Kier molecular flexibility index (Phi) is 7.35. The van der Waals surface area contributed by atoms with Crippen molar-refractivity contribution in [2.75, 3.05) is 26.5 Å². The van der Waals surface area contributed by atoms with Gasteiger partial charge >= 0.3 is 0 Å². The molecule has 0 radical (unpaired) electrons. The molecule has 1 aromatic carbocycles. The second-order valence-corrected chi connectivity index (χ2v) is 7.75. The summed E-state index contributed by atoms with van der Waals surface area (Å²) in [6, 6.07) is 8.90. The summed E-state index contributed by atoms with van der Waals surface area (Å²) in [6.07, 6.45) is 2.39. The molecule has 2 aromatic heterocycles. The first-order chi connectivity index (χ1) is 14.9. The third-order valence-corrected chi connectivity index (χ3v) is 5.72. The van der Waals surface area contributed by atoms with Crippen LogP contribution in [0.15, 0.2) is 46.5 Å². The summed E-state index contributed by atoms with van der Waals surface area (Å²) in [5.41, 5.74) is 1.73. The average Bonchev–Trinajstić information content (AvgIpc) is 3.14. The van der Waals surface area contributed by atoms with Crippen LogP contribution >= 0.6 is 11.8 Å². The van der Waals surface area contributed by atoms with Gasteiger partial charge in [0.2, 0.25) is 11.5 Å². The lowest BCUT2D eigenvalue weighted by Crippen LogP contribution is -2.27. The summed E-state index contributed by atoms with van der Waals surface area (Å²) < 4.78 is 13.8. The summed E-state index contributed by atoms with van der Waals surface area (Å²) in [7, 11) is 6.71. The first-order valence-electron chi connectivity index (χ1n) is 9.59. The van der Waals surface area contributed by atoms with Crippen molar-refractivity contribution in [1.29, 1.82) is 0 Å². The summed E-state index contributed by atoms with van der Waals surface area (Å²) >= 11 is 1.31. The predicted molar refractivity (Wildman–Crippen MR) is 119 cm³/mol. The molecule has 164 valence electrons. The molecule has 3 aromatic rings. The number of hydrogen-bond acceptors (Lipinski definition) is 7. The fraction of sp³-hybridized carbons (Fsp3) is 0.333. The van der Waals surface area contributed by atoms with Gasteiger partial charge < -0.3 is 23.9 Å². The number of carbonyl (C=O) groups excluding carboxylic acids is 1. The van der Waals surface area contributed by atoms with Gasteiger partial charge in [-0.05, 0) is 30.2 Å². The number of ether oxygens (including phenoxy) is 2. The van der Waals surface area contributed by atoms with Gasteiger partial charge in [-0.15, -0.1) is 10.2 Å². The van der Waals surface area contributed by atoms with E-state index in [2.05, 4.69) is 15.5 Å². The lowest BCUT2D eigenvalue weighted by atomic mass is 10.1. The number of nitrogens with zero attached hydrogens (tertiary/aromatic N) is 4. The van der Waals surface area contributed by atoms with Crippen molar-refractivity contribution in [3.63, 3.8) is 0 Å². The maximum Gasteiger partial charge on any atom is 0.250 e. The Morgan fingerprint density at radius 1 is 1.10 bits per heavy atom. The van der Waals surface area contributed by atoms with Crippen molar-refractivity contribution in [2.45, 2.75) is 11.6 Å². The number of rotatable bonds is 9. The van der Waals surface area contributed by atoms with E-state index in [0.717, 1.165) is 11.1 Å². The van der Waals surface area contributed by atoms with E-state index in [1.54, 1.807) is 38.1 Å². The number of hydrogen-bond donors (Lipinski definition) is 1. The molecular formula is C21H25N5O4S. The van der Waals surface area contributed by atoms with E-state index in [1.165, 1.54) is 22.4 Å². The molecule has 0 atom stereocenters. The number of thioether (sulfide) groups is 1. The first-order valence-corrected chi connectivity index (χ1v) is 10.6. The summed E-state index contributed by atoms with van der Waals surface area (Å²) in [4.78, 5) is 23.8. The number of aromatic nitrogens is 4. The highest BCUT2D eigenvalue weighted by Gasteiger charge is 2.13. The van der Waals surface area contributed by atoms with Crippen molar-refractivity contribution >= 4 is 17.7 Å². The Morgan fingerprint density at radius 3 is 2.58 bits per heavy atom. The third kappa shape index (κ3) is 5.46. The minimum absolute atomic E-state index is 0.0860. The zero-order valence-corrected chi connectivity index (χ0v) is 18.7. The van der Waals surface area contributed by atoms with Crippen LogP contribution in [0, 0.1) is 0 Å². The summed E-state index contributed by atoms with van der Waals surface area (Å²) in [6.45, 7) is 0.511. The molecule has 0 saturated heterocycles. The number of aryl methyl sites for hydroxylation is 1. The number of pyridine rings is 1. The molecule has 31 heavy (non-hydrogen) atoms. The lowest BCUT2D eigenvalue weighted by Gasteiger charge is -2.10. The highest BCUT2D eigenvalue weighted by Crippen LogP contribution is 2.27. The molecule has 0 aliphatic rings. The Bertz CT molecular complexity index is 1130. The van der Waals surface area contributed by atoms with Crippen LogP contribution < -0.4 is 20.3 Å². The third-order valence-electron chi connectivity index (χ3n) is 4.70. The highest BCUT2D eigenvalue weighted by molar-refractivity contribution is 7.99. The second-order valence-electron chi connectivity index (χ2n) is 6.81. The SMILES string of the molecule is COc1ccc(CCNC(=O)CSc2nnc(-c3ccc(=O)n(C)c3)n2C)cc1OC. The molecule has 2 heterocycles. The van der Waals surface area contributed by atoms with Crippen LogP contribution in [-0.2, 0) is 25.3 Å². The van der Waals surface area contributed by atoms with Crippen LogP contribution in [0.5, 0.6) is 11.5 Å². The maximum absolute atomic E-state index is 12.2. The van der Waals surface area contributed by atoms with Crippen molar-refractivity contribution in [1.82, 2.24) is 24.6 Å². The van der Waals surface area contributed by atoms with E-state index in [-0.39, 0.29) is 17.2 Å². The van der Waals surface area contributed by atoms with Crippen LogP contribution in [0.2, 0.25) is 0 Å². The zero-order valence-electron chi connectivity index (χ0n) is 17.9. The highest BCUT2D eigenvalue weighted by atomic mass is 32.2. The molecule has 0 saturated carbocycles. The van der Waals surface area contributed by atoms with E-state index in [0.29, 0.717) is 35.4 Å². The minimum atomic E-state index is -0.0923. The normalized spacial score (nSPS) is 10.7. The number of nitrogens with one attached hydrogen (secondary N) is 1. The molecule has 0 bridgehead atoms. The molecule has 0 fully saturated rings. The van der Waals surface area contributed by atoms with E-state index in [4.69, 9.17) is 9.47 Å². The molecule has 1 amide bonds. The van der Waals surface area contributed by atoms with E-state index in [9.17, 15) is 9.59 Å². The second kappa shape index (κ2) is 10.2. The molecule has 9 nitrogen and oxygen atoms in total. The van der Waals surface area contributed by atoms with Crippen molar-refractivity contribution in [3.8, 4) is 22.9 Å². The van der Waals surface area contributed by atoms with Gasteiger partial charge in [0.25, 0.3) is 0 Å². The monoisotopic (exact) mass is 443 g/mol. The standard InChI is InChI=1S/C21H25N5O4S/c1-25-12-15(6-8-19(25)28)20-23-24-21(26(20)2)31-13-18(27)22-10-9-14-5-7-16(29-3)17(11-14)30-4/h5-8,11-12H,9-10,13H2,1-4H3,(H,22,27). The molecule has 0 spiro atoms. The van der Waals surface area contributed by atoms with Gasteiger partial charge in [-0.3, -0.25) is 9.59 Å². The zero-order chi connectivity index (χ0) is 22.4. The fourth-order valence-electron chi connectivity index (χ4n) is 2.98. The van der Waals surface area contributed by atoms with Gasteiger partial charge in [0.1, 0.15) is 0 Å². The van der Waals surface area contributed by atoms with Crippen LogP contribution in [0.1, 0.15) is 5.56 Å². The smallest absolute Gasteiger partial charge is 0.250 e. The molecule has 1 N–H and O–H groups in total. The van der Waals surface area contributed by atoms with Crippen LogP contribution in [0.25, 0.3) is 11.4 Å². The van der Waals surface area contributed by atoms with E-state index < -0.39 is 0 Å². The quantitative estimate of drug-likeness (QED) is 0.502. The Balaban J connectivity index is 1.52. The van der Waals surface area contributed by atoms with Gasteiger partial charge in [-0.1, -0.05) is 17.8 Å². The molecule has 3 rings (SSSR count). The van der Waals surface area contributed by atoms with Gasteiger partial charge in [0, 0.05) is 38.5 Å². The van der Waals surface area contributed by atoms with Crippen molar-refractivity contribution < 1.29 is 14.3 Å². The van der Waals surface area contributed by atoms with Crippen LogP contribution in [0.4, 0.5) is 0 Å². The molecule has 0 aliphatic heterocycles. The minimum Gasteiger partial charge on any atom is -0.493 e. The Hall–Kier alpha value is -3.27. The topological polar surface area (TPSA) is 100 Å². The molecule has 0 aliphatic carbocycles. The lowest BCUT2D eigenvalue weighted by molar-refractivity contribution is -0.118. The van der Waals surface area contributed by atoms with Gasteiger partial charge in [0.05, 0.1) is 20.0 Å². The first kappa shape index (κ1) is 22.4. The molecule has 0 unspecified atom stereocenters. The van der Waals surface area contributed by atoms with Gasteiger partial charge in [0.15, 0.2) is 22.5 Å². The molecule has 10 heteroatoms. The largest absolute Gasteiger partial charge is 0.493 e. The van der Waals surface area contributed by atoms with E-state index in [1.807, 2.05) is 25.2 Å². The van der Waals surface area contributed by atoms with E-state index >= 15 is 0 Å². The predicted octanol–water partition coefficient (Wildman–Crippen LogP) is 1.65. The van der Waals surface area contributed by atoms with Gasteiger partial charge in [-0.25, -0.2) is 0 Å². The number of benzene rings is 1. The summed E-state index contributed by atoms with van der Waals surface area (Å²) in [5.74, 6) is 2.11. The van der Waals surface area contributed by atoms with Crippen LogP contribution in [0.3, 0.4) is 0 Å². The summed E-state index contributed by atoms with van der Waals surface area (Å²) in [5, 5.41) is 11.9. The van der Waals surface area contributed by atoms with Crippen molar-refractivity contribution in [2.24, 2.45) is 14.1 Å². The Labute approximate surface area is 184 Å². The number of methoxy groups -OCH3 is 2. The van der Waals surface area contributed by atoms with Crippen LogP contribution in [-0.4, -0.2) is 51.8 Å². The fourth-order valence-corrected chi connectivity index (χ4v) is 3.72. The molecular weight excluding hydrogens is 418 g/mol. The Morgan fingerprint density at radius 2 is 1.87 bits per heavy atom. The van der Waals surface area contributed by atoms with Crippen molar-refractivity contribution in [3.05, 3.63) is 52.4 Å². The number of carbonyl (C=O) groups is 1. The maximum atomic E-state index is 12.2.